The van der Waals surface area contributed by atoms with Crippen LogP contribution in [0.3, 0.4) is 0 Å². The van der Waals surface area contributed by atoms with E-state index in [1.807, 2.05) is 0 Å². The lowest BCUT2D eigenvalue weighted by Gasteiger charge is -2.27. The molecule has 0 aliphatic heterocycles. The quantitative estimate of drug-likeness (QED) is 0.335. The summed E-state index contributed by atoms with van der Waals surface area (Å²) in [5.74, 6) is -0.377. The third-order valence-corrected chi connectivity index (χ3v) is 5.44. The maximum absolute atomic E-state index is 12.9. The molecule has 1 unspecified atom stereocenters. The molecule has 1 aliphatic carbocycles. The van der Waals surface area contributed by atoms with Crippen LogP contribution in [0.5, 0.6) is 0 Å². The third kappa shape index (κ3) is 3.23. The van der Waals surface area contributed by atoms with Gasteiger partial charge in [-0.15, -0.1) is 0 Å². The molecule has 3 aromatic rings. The highest BCUT2D eigenvalue weighted by Crippen LogP contribution is 2.35. The maximum Gasteiger partial charge on any atom is 0.416 e. The Labute approximate surface area is 167 Å². The SMILES string of the molecule is O=c1c2c(n(O)c3ccc(Cl)cc13)CC(c1ccc(C(F)(F)F)cc1)C/C2=N/O. The number of pyridine rings is 1. The molecule has 2 aromatic carbocycles. The summed E-state index contributed by atoms with van der Waals surface area (Å²) in [4.78, 5) is 12.9. The maximum atomic E-state index is 12.9. The van der Waals surface area contributed by atoms with Crippen LogP contribution >= 0.6 is 11.6 Å². The smallest absolute Gasteiger partial charge is 0.416 e. The largest absolute Gasteiger partial charge is 0.428 e. The van der Waals surface area contributed by atoms with E-state index < -0.39 is 17.2 Å². The standard InChI is InChI=1S/C20H14ClF3N2O3/c21-13-5-6-16-14(9-13)19(27)18-15(25-28)7-11(8-17(18)26(16)29)10-1-3-12(4-2-10)20(22,23)24/h1-6,9,11,28-29H,7-8H2/b25-15-. The Morgan fingerprint density at radius 3 is 2.41 bits per heavy atom. The van der Waals surface area contributed by atoms with Crippen molar-refractivity contribution in [1.29, 1.82) is 0 Å². The molecule has 1 atom stereocenters. The van der Waals surface area contributed by atoms with Gasteiger partial charge in [0.15, 0.2) is 5.43 Å². The van der Waals surface area contributed by atoms with Gasteiger partial charge in [0, 0.05) is 11.4 Å². The number of hydrogen-bond acceptors (Lipinski definition) is 4. The molecule has 0 bridgehead atoms. The van der Waals surface area contributed by atoms with Crippen LogP contribution in [0.1, 0.15) is 34.7 Å². The molecule has 9 heteroatoms. The van der Waals surface area contributed by atoms with Crippen LogP contribution in [0, 0.1) is 0 Å². The molecule has 4 rings (SSSR count). The molecule has 0 radical (unpaired) electrons. The van der Waals surface area contributed by atoms with Gasteiger partial charge in [0.2, 0.25) is 0 Å². The van der Waals surface area contributed by atoms with Crippen LogP contribution in [0.4, 0.5) is 13.2 Å². The lowest BCUT2D eigenvalue weighted by atomic mass is 9.80. The summed E-state index contributed by atoms with van der Waals surface area (Å²) >= 11 is 5.95. The highest BCUT2D eigenvalue weighted by molar-refractivity contribution is 6.31. The first kappa shape index (κ1) is 19.3. The molecule has 5 nitrogen and oxygen atoms in total. The summed E-state index contributed by atoms with van der Waals surface area (Å²) in [5.41, 5.74) is -0.0126. The average molecular weight is 423 g/mol. The Morgan fingerprint density at radius 1 is 1.10 bits per heavy atom. The molecule has 0 fully saturated rings. The van der Waals surface area contributed by atoms with Crippen molar-refractivity contribution in [2.24, 2.45) is 5.16 Å². The monoisotopic (exact) mass is 422 g/mol. The second kappa shape index (κ2) is 6.81. The molecule has 0 saturated carbocycles. The summed E-state index contributed by atoms with van der Waals surface area (Å²) < 4.78 is 39.3. The van der Waals surface area contributed by atoms with Gasteiger partial charge in [-0.3, -0.25) is 4.79 Å². The zero-order chi connectivity index (χ0) is 20.9. The first-order valence-corrected chi connectivity index (χ1v) is 9.03. The Bertz CT molecular complexity index is 1200. The van der Waals surface area contributed by atoms with Crippen molar-refractivity contribution in [1.82, 2.24) is 4.73 Å². The van der Waals surface area contributed by atoms with Gasteiger partial charge in [-0.2, -0.15) is 17.9 Å². The van der Waals surface area contributed by atoms with E-state index in [1.54, 1.807) is 0 Å². The van der Waals surface area contributed by atoms with E-state index in [2.05, 4.69) is 5.16 Å². The Balaban J connectivity index is 1.84. The van der Waals surface area contributed by atoms with E-state index in [9.17, 15) is 28.4 Å². The highest BCUT2D eigenvalue weighted by atomic mass is 35.5. The summed E-state index contributed by atoms with van der Waals surface area (Å²) in [6.07, 6.45) is -4.12. The molecule has 150 valence electrons. The van der Waals surface area contributed by atoms with E-state index in [4.69, 9.17) is 11.6 Å². The van der Waals surface area contributed by atoms with Crippen LogP contribution < -0.4 is 5.43 Å². The van der Waals surface area contributed by atoms with Gasteiger partial charge in [0.1, 0.15) is 0 Å². The van der Waals surface area contributed by atoms with Gasteiger partial charge in [-0.1, -0.05) is 28.9 Å². The molecular weight excluding hydrogens is 409 g/mol. The normalized spacial score (nSPS) is 18.2. The molecule has 1 aromatic heterocycles. The van der Waals surface area contributed by atoms with Crippen molar-refractivity contribution in [3.63, 3.8) is 0 Å². The molecule has 0 amide bonds. The minimum atomic E-state index is -4.44. The van der Waals surface area contributed by atoms with E-state index in [0.29, 0.717) is 10.6 Å². The topological polar surface area (TPSA) is 74.8 Å². The van der Waals surface area contributed by atoms with E-state index in [0.717, 1.165) is 16.9 Å². The van der Waals surface area contributed by atoms with Crippen LogP contribution in [0.25, 0.3) is 10.9 Å². The van der Waals surface area contributed by atoms with Crippen molar-refractivity contribution in [3.05, 3.63) is 80.1 Å². The number of nitrogens with zero attached hydrogens (tertiary/aromatic N) is 2. The van der Waals surface area contributed by atoms with Gasteiger partial charge >= 0.3 is 6.18 Å². The van der Waals surface area contributed by atoms with Crippen LogP contribution in [-0.4, -0.2) is 20.9 Å². The van der Waals surface area contributed by atoms with Crippen molar-refractivity contribution in [3.8, 4) is 0 Å². The fourth-order valence-electron chi connectivity index (χ4n) is 3.79. The van der Waals surface area contributed by atoms with Gasteiger partial charge in [-0.05, 0) is 48.2 Å². The van der Waals surface area contributed by atoms with E-state index in [-0.39, 0.29) is 46.6 Å². The molecule has 0 spiro atoms. The molecule has 1 heterocycles. The summed E-state index contributed by atoms with van der Waals surface area (Å²) in [6, 6.07) is 9.12. The predicted molar refractivity (Wildman–Crippen MR) is 101 cm³/mol. The molecular formula is C20H14ClF3N2O3. The zero-order valence-electron chi connectivity index (χ0n) is 14.7. The van der Waals surface area contributed by atoms with Crippen molar-refractivity contribution in [2.45, 2.75) is 24.9 Å². The fraction of sp³-hybridized carbons (Fsp3) is 0.200. The Morgan fingerprint density at radius 2 is 1.79 bits per heavy atom. The van der Waals surface area contributed by atoms with Crippen molar-refractivity contribution in [2.75, 3.05) is 0 Å². The van der Waals surface area contributed by atoms with Gasteiger partial charge in [-0.25, -0.2) is 0 Å². The molecule has 1 aliphatic rings. The second-order valence-electron chi connectivity index (χ2n) is 6.90. The fourth-order valence-corrected chi connectivity index (χ4v) is 3.96. The van der Waals surface area contributed by atoms with Gasteiger partial charge in [0.25, 0.3) is 0 Å². The van der Waals surface area contributed by atoms with Gasteiger partial charge in [0.05, 0.1) is 33.4 Å². The summed E-state index contributed by atoms with van der Waals surface area (Å²) in [6.45, 7) is 0. The number of halogens is 4. The van der Waals surface area contributed by atoms with Crippen molar-refractivity contribution < 1.29 is 23.6 Å². The number of rotatable bonds is 1. The van der Waals surface area contributed by atoms with Crippen LogP contribution in [0.2, 0.25) is 5.02 Å². The first-order chi connectivity index (χ1) is 13.7. The minimum absolute atomic E-state index is 0.0609. The number of hydrogen-bond donors (Lipinski definition) is 2. The van der Waals surface area contributed by atoms with Crippen LogP contribution in [-0.2, 0) is 12.6 Å². The number of benzene rings is 2. The molecule has 2 N–H and O–H groups in total. The third-order valence-electron chi connectivity index (χ3n) is 5.20. The zero-order valence-corrected chi connectivity index (χ0v) is 15.5. The number of oxime groups is 1. The first-order valence-electron chi connectivity index (χ1n) is 8.65. The molecule has 0 saturated heterocycles. The minimum Gasteiger partial charge on any atom is -0.428 e. The highest BCUT2D eigenvalue weighted by Gasteiger charge is 2.33. The van der Waals surface area contributed by atoms with Crippen LogP contribution in [0.15, 0.2) is 52.4 Å². The number of fused-ring (bicyclic) bond motifs is 2. The second-order valence-corrected chi connectivity index (χ2v) is 7.33. The summed E-state index contributed by atoms with van der Waals surface area (Å²) in [7, 11) is 0. The number of alkyl halides is 3. The lowest BCUT2D eigenvalue weighted by Crippen LogP contribution is -2.31. The van der Waals surface area contributed by atoms with Gasteiger partial charge < -0.3 is 10.4 Å². The lowest BCUT2D eigenvalue weighted by molar-refractivity contribution is -0.137. The Hall–Kier alpha value is -3.00. The average Bonchev–Trinajstić information content (AvgIpc) is 2.70. The van der Waals surface area contributed by atoms with Crippen molar-refractivity contribution >= 4 is 28.2 Å². The van der Waals surface area contributed by atoms with E-state index >= 15 is 0 Å². The van der Waals surface area contributed by atoms with E-state index in [1.165, 1.54) is 30.3 Å². The number of aromatic nitrogens is 1. The summed E-state index contributed by atoms with van der Waals surface area (Å²) in [5, 5.41) is 23.9. The Kier molecular flexibility index (Phi) is 4.53. The predicted octanol–water partition coefficient (Wildman–Crippen LogP) is 4.82. The molecule has 29 heavy (non-hydrogen) atoms.